The maximum absolute atomic E-state index is 10.2. The van der Waals surface area contributed by atoms with Crippen molar-refractivity contribution in [3.8, 4) is 0 Å². The van der Waals surface area contributed by atoms with Crippen molar-refractivity contribution in [3.05, 3.63) is 0 Å². The third kappa shape index (κ3) is 10.7. The Labute approximate surface area is 76.5 Å². The van der Waals surface area contributed by atoms with Gasteiger partial charge in [0.25, 0.3) is 0 Å². The zero-order valence-electron chi connectivity index (χ0n) is 7.94. The summed E-state index contributed by atoms with van der Waals surface area (Å²) in [5, 5.41) is 15.6. The molecular weight excluding hydrogens is 176 g/mol. The Balaban J connectivity index is 0. The number of carboxylic acid groups (broad SMARTS) is 2. The predicted molar refractivity (Wildman–Crippen MR) is 47.3 cm³/mol. The van der Waals surface area contributed by atoms with Crippen LogP contribution in [-0.2, 0) is 4.79 Å². The number of aliphatic carboxylic acids is 1. The maximum Gasteiger partial charge on any atom is 0.402 e. The average Bonchev–Trinajstić information content (AvgIpc) is 1.82. The largest absolute Gasteiger partial charge is 0.480 e. The number of carboxylic acids is 1. The molecule has 0 rings (SSSR count). The fraction of sp³-hybridized carbons (Fsp3) is 0.714. The topological polar surface area (TPSA) is 127 Å². The van der Waals surface area contributed by atoms with E-state index in [1.54, 1.807) is 20.8 Å². The molecule has 0 unspecified atom stereocenters. The molecule has 0 bridgehead atoms. The molecule has 0 aromatic rings. The summed E-state index contributed by atoms with van der Waals surface area (Å²) >= 11 is 0. The van der Waals surface area contributed by atoms with Crippen molar-refractivity contribution in [1.29, 1.82) is 0 Å². The van der Waals surface area contributed by atoms with Crippen LogP contribution >= 0.6 is 0 Å². The average molecular weight is 192 g/mol. The number of hydrogen-bond donors (Lipinski definition) is 4. The highest BCUT2D eigenvalue weighted by molar-refractivity contribution is 5.74. The third-order valence-electron chi connectivity index (χ3n) is 1.20. The summed E-state index contributed by atoms with van der Waals surface area (Å²) in [6, 6.07) is -0.766. The molecule has 78 valence electrons. The van der Waals surface area contributed by atoms with E-state index in [-0.39, 0.29) is 5.41 Å². The van der Waals surface area contributed by atoms with E-state index in [0.717, 1.165) is 0 Å². The smallest absolute Gasteiger partial charge is 0.402 e. The zero-order chi connectivity index (χ0) is 11.2. The van der Waals surface area contributed by atoms with Gasteiger partial charge in [-0.05, 0) is 5.41 Å². The molecule has 1 amide bonds. The number of rotatable bonds is 1. The Bertz CT molecular complexity index is 181. The highest BCUT2D eigenvalue weighted by atomic mass is 16.4. The molecule has 0 aliphatic heterocycles. The first-order valence-corrected chi connectivity index (χ1v) is 3.55. The molecule has 0 aromatic heterocycles. The zero-order valence-corrected chi connectivity index (χ0v) is 7.94. The highest BCUT2D eigenvalue weighted by Gasteiger charge is 2.26. The van der Waals surface area contributed by atoms with Gasteiger partial charge in [0.2, 0.25) is 0 Å². The van der Waals surface area contributed by atoms with E-state index in [0.29, 0.717) is 0 Å². The first-order chi connectivity index (χ1) is 5.59. The van der Waals surface area contributed by atoms with Crippen LogP contribution in [-0.4, -0.2) is 28.3 Å². The van der Waals surface area contributed by atoms with Crippen LogP contribution in [0.25, 0.3) is 0 Å². The van der Waals surface area contributed by atoms with Crippen LogP contribution in [0.15, 0.2) is 0 Å². The number of nitrogens with two attached hydrogens (primary N) is 2. The van der Waals surface area contributed by atoms with Gasteiger partial charge in [0.1, 0.15) is 6.04 Å². The minimum atomic E-state index is -1.33. The second-order valence-electron chi connectivity index (χ2n) is 3.52. The van der Waals surface area contributed by atoms with Crippen LogP contribution in [0.2, 0.25) is 0 Å². The van der Waals surface area contributed by atoms with Crippen LogP contribution < -0.4 is 11.5 Å². The van der Waals surface area contributed by atoms with E-state index in [1.807, 2.05) is 0 Å². The van der Waals surface area contributed by atoms with E-state index in [4.69, 9.17) is 20.7 Å². The summed E-state index contributed by atoms with van der Waals surface area (Å²) < 4.78 is 0. The normalized spacial score (nSPS) is 12.3. The standard InChI is InChI=1S/C6H13NO2.CH3NO2/c1-6(2,3)4(7)5(8)9;2-1(3)4/h4H,7H2,1-3H3,(H,8,9);2H2,(H,3,4)/t4-;/m1./s1. The predicted octanol–water partition coefficient (Wildman–Crippen LogP) is 0.0675. The molecule has 0 radical (unpaired) electrons. The Kier molecular flexibility index (Phi) is 5.87. The van der Waals surface area contributed by atoms with Crippen molar-refractivity contribution in [2.45, 2.75) is 26.8 Å². The Hall–Kier alpha value is -1.30. The van der Waals surface area contributed by atoms with Gasteiger partial charge in [-0.1, -0.05) is 20.8 Å². The Morgan fingerprint density at radius 2 is 1.46 bits per heavy atom. The van der Waals surface area contributed by atoms with Crippen LogP contribution in [0.1, 0.15) is 20.8 Å². The summed E-state index contributed by atoms with van der Waals surface area (Å²) in [4.78, 5) is 19.0. The van der Waals surface area contributed by atoms with Gasteiger partial charge in [-0.25, -0.2) is 4.79 Å². The second-order valence-corrected chi connectivity index (χ2v) is 3.52. The molecule has 6 nitrogen and oxygen atoms in total. The van der Waals surface area contributed by atoms with Crippen molar-refractivity contribution in [2.24, 2.45) is 16.9 Å². The number of primary amides is 1. The van der Waals surface area contributed by atoms with Gasteiger partial charge in [0, 0.05) is 0 Å². The summed E-state index contributed by atoms with van der Waals surface area (Å²) in [6.07, 6.45) is -1.33. The van der Waals surface area contributed by atoms with Crippen molar-refractivity contribution in [2.75, 3.05) is 0 Å². The molecular formula is C7H16N2O4. The lowest BCUT2D eigenvalue weighted by Crippen LogP contribution is -2.41. The SMILES string of the molecule is CC(C)(C)[C@H](N)C(=O)O.NC(=O)O. The molecule has 0 spiro atoms. The van der Waals surface area contributed by atoms with E-state index < -0.39 is 18.1 Å². The number of hydrogen-bond acceptors (Lipinski definition) is 3. The Morgan fingerprint density at radius 3 is 1.46 bits per heavy atom. The molecule has 13 heavy (non-hydrogen) atoms. The van der Waals surface area contributed by atoms with E-state index >= 15 is 0 Å². The lowest BCUT2D eigenvalue weighted by Gasteiger charge is -2.22. The van der Waals surface area contributed by atoms with Crippen molar-refractivity contribution >= 4 is 12.1 Å². The molecule has 1 atom stereocenters. The molecule has 0 aliphatic carbocycles. The van der Waals surface area contributed by atoms with Gasteiger partial charge in [-0.2, -0.15) is 0 Å². The fourth-order valence-corrected chi connectivity index (χ4v) is 0.370. The molecule has 0 saturated heterocycles. The van der Waals surface area contributed by atoms with Gasteiger partial charge in [0.05, 0.1) is 0 Å². The van der Waals surface area contributed by atoms with Crippen LogP contribution in [0.3, 0.4) is 0 Å². The monoisotopic (exact) mass is 192 g/mol. The highest BCUT2D eigenvalue weighted by Crippen LogP contribution is 2.16. The second kappa shape index (κ2) is 5.36. The molecule has 6 heteroatoms. The van der Waals surface area contributed by atoms with Crippen LogP contribution in [0, 0.1) is 5.41 Å². The molecule has 0 aromatic carbocycles. The van der Waals surface area contributed by atoms with Gasteiger partial charge in [-0.15, -0.1) is 0 Å². The van der Waals surface area contributed by atoms with E-state index in [1.165, 1.54) is 0 Å². The van der Waals surface area contributed by atoms with Crippen molar-refractivity contribution in [1.82, 2.24) is 0 Å². The first-order valence-electron chi connectivity index (χ1n) is 3.55. The lowest BCUT2D eigenvalue weighted by molar-refractivity contribution is -0.141. The summed E-state index contributed by atoms with van der Waals surface area (Å²) in [5.74, 6) is -0.942. The fourth-order valence-electron chi connectivity index (χ4n) is 0.370. The maximum atomic E-state index is 10.2. The van der Waals surface area contributed by atoms with Gasteiger partial charge < -0.3 is 21.7 Å². The van der Waals surface area contributed by atoms with Crippen LogP contribution in [0.5, 0.6) is 0 Å². The summed E-state index contributed by atoms with van der Waals surface area (Å²) in [7, 11) is 0. The van der Waals surface area contributed by atoms with Gasteiger partial charge in [-0.3, -0.25) is 4.79 Å². The van der Waals surface area contributed by atoms with Crippen molar-refractivity contribution in [3.63, 3.8) is 0 Å². The van der Waals surface area contributed by atoms with Crippen molar-refractivity contribution < 1.29 is 19.8 Å². The van der Waals surface area contributed by atoms with Gasteiger partial charge in [0.15, 0.2) is 0 Å². The Morgan fingerprint density at radius 1 is 1.23 bits per heavy atom. The quantitative estimate of drug-likeness (QED) is 0.467. The molecule has 0 saturated carbocycles. The summed E-state index contributed by atoms with van der Waals surface area (Å²) in [5.41, 5.74) is 8.98. The van der Waals surface area contributed by atoms with Crippen LogP contribution in [0.4, 0.5) is 4.79 Å². The van der Waals surface area contributed by atoms with E-state index in [9.17, 15) is 4.79 Å². The third-order valence-corrected chi connectivity index (χ3v) is 1.20. The number of carbonyl (C=O) groups is 2. The lowest BCUT2D eigenvalue weighted by atomic mass is 9.88. The molecule has 0 aliphatic rings. The molecule has 6 N–H and O–H groups in total. The molecule has 0 heterocycles. The summed E-state index contributed by atoms with van der Waals surface area (Å²) in [6.45, 7) is 5.39. The molecule has 0 fully saturated rings. The minimum absolute atomic E-state index is 0.341. The number of amides is 1. The van der Waals surface area contributed by atoms with Gasteiger partial charge >= 0.3 is 12.1 Å². The van der Waals surface area contributed by atoms with E-state index in [2.05, 4.69) is 5.73 Å². The first kappa shape index (κ1) is 14.2. The minimum Gasteiger partial charge on any atom is -0.480 e.